The molecule has 1 heterocycles. The number of aliphatic hydroxyl groups is 1. The number of carboxylic acid groups (broad SMARTS) is 1. The SMILES string of the molecule is Cc1c([C@H](CC(=O)O)c2cc(CO)c3c(c2)CCC3)ccc2c1nnn2C. The van der Waals surface area contributed by atoms with E-state index in [-0.39, 0.29) is 18.9 Å². The average molecular weight is 365 g/mol. The Morgan fingerprint density at radius 2 is 2.11 bits per heavy atom. The molecule has 0 saturated carbocycles. The Morgan fingerprint density at radius 1 is 1.30 bits per heavy atom. The molecule has 3 aromatic rings. The fraction of sp³-hybridized carbons (Fsp3) is 0.381. The first-order chi connectivity index (χ1) is 13.0. The Labute approximate surface area is 157 Å². The summed E-state index contributed by atoms with van der Waals surface area (Å²) in [4.78, 5) is 11.6. The third-order valence-corrected chi connectivity index (χ3v) is 5.74. The predicted molar refractivity (Wildman–Crippen MR) is 102 cm³/mol. The molecule has 6 nitrogen and oxygen atoms in total. The Hall–Kier alpha value is -2.73. The second kappa shape index (κ2) is 6.78. The van der Waals surface area contributed by atoms with Gasteiger partial charge in [-0.3, -0.25) is 4.79 Å². The van der Waals surface area contributed by atoms with Crippen LogP contribution in [0.5, 0.6) is 0 Å². The highest BCUT2D eigenvalue weighted by molar-refractivity contribution is 5.80. The van der Waals surface area contributed by atoms with Crippen LogP contribution in [0.25, 0.3) is 11.0 Å². The van der Waals surface area contributed by atoms with Crippen molar-refractivity contribution >= 4 is 17.0 Å². The lowest BCUT2D eigenvalue weighted by atomic mass is 9.83. The molecule has 0 spiro atoms. The van der Waals surface area contributed by atoms with Crippen LogP contribution in [-0.4, -0.2) is 31.2 Å². The van der Waals surface area contributed by atoms with E-state index in [2.05, 4.69) is 16.4 Å². The molecule has 0 aliphatic heterocycles. The third-order valence-electron chi connectivity index (χ3n) is 5.74. The highest BCUT2D eigenvalue weighted by Gasteiger charge is 2.25. The number of aryl methyl sites for hydroxylation is 3. The summed E-state index contributed by atoms with van der Waals surface area (Å²) in [6.45, 7) is 1.96. The van der Waals surface area contributed by atoms with Gasteiger partial charge in [-0.05, 0) is 65.6 Å². The number of hydrogen-bond donors (Lipinski definition) is 2. The van der Waals surface area contributed by atoms with Gasteiger partial charge in [0.1, 0.15) is 5.52 Å². The number of aliphatic hydroxyl groups excluding tert-OH is 1. The molecule has 1 aliphatic rings. The number of nitrogens with zero attached hydrogens (tertiary/aromatic N) is 3. The van der Waals surface area contributed by atoms with Crippen LogP contribution < -0.4 is 0 Å². The van der Waals surface area contributed by atoms with Crippen molar-refractivity contribution in [2.45, 2.75) is 45.1 Å². The number of rotatable bonds is 5. The van der Waals surface area contributed by atoms with E-state index in [1.807, 2.05) is 32.2 Å². The fourth-order valence-electron chi connectivity index (χ4n) is 4.37. The summed E-state index contributed by atoms with van der Waals surface area (Å²) < 4.78 is 1.72. The lowest BCUT2D eigenvalue weighted by molar-refractivity contribution is -0.137. The molecule has 2 N–H and O–H groups in total. The van der Waals surface area contributed by atoms with E-state index in [0.717, 1.165) is 52.5 Å². The van der Waals surface area contributed by atoms with Crippen LogP contribution in [0.3, 0.4) is 0 Å². The highest BCUT2D eigenvalue weighted by atomic mass is 16.4. The number of fused-ring (bicyclic) bond motifs is 2. The van der Waals surface area contributed by atoms with Crippen molar-refractivity contribution in [2.75, 3.05) is 0 Å². The van der Waals surface area contributed by atoms with Crippen LogP contribution in [-0.2, 0) is 31.3 Å². The van der Waals surface area contributed by atoms with Crippen molar-refractivity contribution in [3.05, 3.63) is 57.6 Å². The third kappa shape index (κ3) is 3.00. The van der Waals surface area contributed by atoms with E-state index in [1.165, 1.54) is 11.1 Å². The van der Waals surface area contributed by atoms with Gasteiger partial charge in [-0.25, -0.2) is 4.68 Å². The lowest BCUT2D eigenvalue weighted by Gasteiger charge is -2.21. The van der Waals surface area contributed by atoms with Gasteiger partial charge >= 0.3 is 5.97 Å². The number of hydrogen-bond acceptors (Lipinski definition) is 4. The number of aliphatic carboxylic acids is 1. The Kier molecular flexibility index (Phi) is 4.44. The number of aromatic nitrogens is 3. The monoisotopic (exact) mass is 365 g/mol. The molecule has 0 unspecified atom stereocenters. The van der Waals surface area contributed by atoms with E-state index in [0.29, 0.717) is 0 Å². The zero-order valence-corrected chi connectivity index (χ0v) is 15.6. The number of carboxylic acids is 1. The minimum atomic E-state index is -0.843. The van der Waals surface area contributed by atoms with Crippen molar-refractivity contribution in [3.63, 3.8) is 0 Å². The van der Waals surface area contributed by atoms with Crippen LogP contribution in [0, 0.1) is 6.92 Å². The molecule has 27 heavy (non-hydrogen) atoms. The molecule has 0 saturated heterocycles. The molecular formula is C21H23N3O3. The van der Waals surface area contributed by atoms with Gasteiger partial charge in [0.25, 0.3) is 0 Å². The van der Waals surface area contributed by atoms with Gasteiger partial charge in [-0.2, -0.15) is 0 Å². The molecule has 140 valence electrons. The smallest absolute Gasteiger partial charge is 0.304 e. The maximum atomic E-state index is 11.6. The molecular weight excluding hydrogens is 342 g/mol. The van der Waals surface area contributed by atoms with E-state index in [1.54, 1.807) is 4.68 Å². The van der Waals surface area contributed by atoms with Crippen LogP contribution >= 0.6 is 0 Å². The van der Waals surface area contributed by atoms with Crippen LogP contribution in [0.4, 0.5) is 0 Å². The van der Waals surface area contributed by atoms with E-state index >= 15 is 0 Å². The second-order valence-electron chi connectivity index (χ2n) is 7.34. The maximum absolute atomic E-state index is 11.6. The van der Waals surface area contributed by atoms with Gasteiger partial charge < -0.3 is 10.2 Å². The minimum absolute atomic E-state index is 0.00371. The number of carbonyl (C=O) groups is 1. The number of benzene rings is 2. The molecule has 0 radical (unpaired) electrons. The molecule has 0 fully saturated rings. The molecule has 4 rings (SSSR count). The van der Waals surface area contributed by atoms with Gasteiger partial charge in [0.15, 0.2) is 0 Å². The molecule has 0 bridgehead atoms. The summed E-state index contributed by atoms with van der Waals surface area (Å²) in [6, 6.07) is 8.06. The zero-order chi connectivity index (χ0) is 19.1. The molecule has 1 aromatic heterocycles. The molecule has 6 heteroatoms. The molecule has 2 aromatic carbocycles. The standard InChI is InChI=1S/C21H23N3O3/c1-12-16(6-7-19-21(12)22-23-24(19)2)18(10-20(26)27)14-8-13-4-3-5-17(13)15(9-14)11-25/h6-9,18,25H,3-5,10-11H2,1-2H3,(H,26,27)/t18-/m1/s1. The van der Waals surface area contributed by atoms with E-state index in [4.69, 9.17) is 0 Å². The summed E-state index contributed by atoms with van der Waals surface area (Å²) in [5.41, 5.74) is 7.98. The molecule has 1 aliphatic carbocycles. The fourth-order valence-corrected chi connectivity index (χ4v) is 4.37. The van der Waals surface area contributed by atoms with Crippen LogP contribution in [0.2, 0.25) is 0 Å². The van der Waals surface area contributed by atoms with Crippen molar-refractivity contribution in [2.24, 2.45) is 7.05 Å². The van der Waals surface area contributed by atoms with Gasteiger partial charge in [-0.15, -0.1) is 5.10 Å². The van der Waals surface area contributed by atoms with Crippen LogP contribution in [0.1, 0.15) is 52.1 Å². The molecule has 1 atom stereocenters. The topological polar surface area (TPSA) is 88.2 Å². The Balaban J connectivity index is 1.88. The maximum Gasteiger partial charge on any atom is 0.304 e. The summed E-state index contributed by atoms with van der Waals surface area (Å²) in [7, 11) is 1.84. The second-order valence-corrected chi connectivity index (χ2v) is 7.34. The van der Waals surface area contributed by atoms with Crippen molar-refractivity contribution in [3.8, 4) is 0 Å². The summed E-state index contributed by atoms with van der Waals surface area (Å²) in [5.74, 6) is -1.13. The lowest BCUT2D eigenvalue weighted by Crippen LogP contribution is -2.11. The van der Waals surface area contributed by atoms with E-state index in [9.17, 15) is 15.0 Å². The zero-order valence-electron chi connectivity index (χ0n) is 15.6. The van der Waals surface area contributed by atoms with E-state index < -0.39 is 5.97 Å². The predicted octanol–water partition coefficient (Wildman–Crippen LogP) is 2.86. The quantitative estimate of drug-likeness (QED) is 0.726. The first kappa shape index (κ1) is 17.7. The minimum Gasteiger partial charge on any atom is -0.481 e. The molecule has 0 amide bonds. The Bertz CT molecular complexity index is 1040. The normalized spacial score (nSPS) is 14.5. The Morgan fingerprint density at radius 3 is 2.85 bits per heavy atom. The highest BCUT2D eigenvalue weighted by Crippen LogP contribution is 2.37. The van der Waals surface area contributed by atoms with Gasteiger partial charge in [0, 0.05) is 13.0 Å². The van der Waals surface area contributed by atoms with Crippen molar-refractivity contribution in [1.82, 2.24) is 15.0 Å². The summed E-state index contributed by atoms with van der Waals surface area (Å²) >= 11 is 0. The largest absolute Gasteiger partial charge is 0.481 e. The van der Waals surface area contributed by atoms with Crippen LogP contribution in [0.15, 0.2) is 24.3 Å². The van der Waals surface area contributed by atoms with Crippen molar-refractivity contribution < 1.29 is 15.0 Å². The average Bonchev–Trinajstić information content (AvgIpc) is 3.26. The summed E-state index contributed by atoms with van der Waals surface area (Å²) in [5, 5.41) is 27.7. The van der Waals surface area contributed by atoms with Crippen molar-refractivity contribution in [1.29, 1.82) is 0 Å². The van der Waals surface area contributed by atoms with Gasteiger partial charge in [0.2, 0.25) is 0 Å². The first-order valence-electron chi connectivity index (χ1n) is 9.25. The van der Waals surface area contributed by atoms with Gasteiger partial charge in [0.05, 0.1) is 18.5 Å². The first-order valence-corrected chi connectivity index (χ1v) is 9.25. The summed E-state index contributed by atoms with van der Waals surface area (Å²) in [6.07, 6.45) is 3.05. The van der Waals surface area contributed by atoms with Gasteiger partial charge in [-0.1, -0.05) is 23.4 Å².